The van der Waals surface area contributed by atoms with Crippen molar-refractivity contribution >= 4 is 23.7 Å². The zero-order chi connectivity index (χ0) is 22.8. The number of dihydropyridines is 1. The van der Waals surface area contributed by atoms with E-state index in [0.717, 1.165) is 17.0 Å². The van der Waals surface area contributed by atoms with Gasteiger partial charge in [-0.25, -0.2) is 9.59 Å². The normalized spacial score (nSPS) is 16.8. The number of aliphatic carboxylic acids is 2. The molecule has 0 saturated carbocycles. The van der Waals surface area contributed by atoms with Gasteiger partial charge in [-0.1, -0.05) is 18.2 Å². The number of allylic oxidation sites excluding steroid dienone is 1. The molecule has 3 N–H and O–H groups in total. The Morgan fingerprint density at radius 3 is 2.26 bits per heavy atom. The van der Waals surface area contributed by atoms with Crippen molar-refractivity contribution in [3.05, 3.63) is 82.5 Å². The van der Waals surface area contributed by atoms with E-state index >= 15 is 0 Å². The Balaban J connectivity index is 2.18. The van der Waals surface area contributed by atoms with Crippen LogP contribution in [0, 0.1) is 0 Å². The van der Waals surface area contributed by atoms with Gasteiger partial charge in [0.1, 0.15) is 0 Å². The van der Waals surface area contributed by atoms with E-state index in [1.54, 1.807) is 24.5 Å². The summed E-state index contributed by atoms with van der Waals surface area (Å²) in [5.74, 6) is -4.50. The number of aromatic nitrogens is 1. The monoisotopic (exact) mass is 450 g/mol. The number of hydrogen-bond acceptors (Lipinski definition) is 5. The van der Waals surface area contributed by atoms with Crippen LogP contribution in [0.3, 0.4) is 0 Å². The molecule has 3 rings (SSSR count). The zero-order valence-electron chi connectivity index (χ0n) is 16.1. The molecule has 1 aromatic heterocycles. The smallest absolute Gasteiger partial charge is 0.416 e. The second kappa shape index (κ2) is 8.84. The minimum absolute atomic E-state index is 0.0839. The van der Waals surface area contributed by atoms with E-state index in [9.17, 15) is 33.0 Å². The van der Waals surface area contributed by atoms with Crippen LogP contribution in [0.5, 0.6) is 0 Å². The number of halogens is 3. The Labute approximate surface area is 179 Å². The first-order chi connectivity index (χ1) is 14.6. The SMILES string of the molecule is CC1=C(C(=O)O)C(c2ccccc2C(F)(F)F)C(C(=O)O)=C(CSc2ccncc2)N1. The average Bonchev–Trinajstić information content (AvgIpc) is 2.71. The number of pyridine rings is 1. The van der Waals surface area contributed by atoms with Gasteiger partial charge >= 0.3 is 18.1 Å². The molecule has 31 heavy (non-hydrogen) atoms. The second-order valence-electron chi connectivity index (χ2n) is 6.66. The number of carbonyl (C=O) groups is 2. The fourth-order valence-corrected chi connectivity index (χ4v) is 4.31. The topological polar surface area (TPSA) is 99.5 Å². The van der Waals surface area contributed by atoms with E-state index in [4.69, 9.17) is 0 Å². The summed E-state index contributed by atoms with van der Waals surface area (Å²) in [6, 6.07) is 7.84. The van der Waals surface area contributed by atoms with Crippen LogP contribution in [0.2, 0.25) is 0 Å². The highest BCUT2D eigenvalue weighted by Gasteiger charge is 2.42. The standard InChI is InChI=1S/C21H17F3N2O4S/c1-11-16(19(27)28)17(13-4-2-3-5-14(13)21(22,23)24)18(20(29)30)15(26-11)10-31-12-6-8-25-9-7-12/h2-9,17,26H,10H2,1H3,(H,27,28)(H,29,30). The summed E-state index contributed by atoms with van der Waals surface area (Å²) >= 11 is 1.25. The lowest BCUT2D eigenvalue weighted by molar-refractivity contribution is -0.139. The van der Waals surface area contributed by atoms with Gasteiger partial charge in [0.25, 0.3) is 0 Å². The lowest BCUT2D eigenvalue weighted by Crippen LogP contribution is -2.33. The van der Waals surface area contributed by atoms with Crippen molar-refractivity contribution in [2.75, 3.05) is 5.75 Å². The number of rotatable bonds is 6. The Bertz CT molecular complexity index is 1080. The molecule has 6 nitrogen and oxygen atoms in total. The fourth-order valence-electron chi connectivity index (χ4n) is 3.45. The molecule has 1 unspecified atom stereocenters. The predicted octanol–water partition coefficient (Wildman–Crippen LogP) is 4.28. The minimum Gasteiger partial charge on any atom is -0.478 e. The summed E-state index contributed by atoms with van der Waals surface area (Å²) < 4.78 is 41.0. The highest BCUT2D eigenvalue weighted by atomic mass is 32.2. The largest absolute Gasteiger partial charge is 0.478 e. The molecule has 0 fully saturated rings. The molecular weight excluding hydrogens is 433 g/mol. The number of carboxylic acids is 2. The van der Waals surface area contributed by atoms with Crippen LogP contribution in [0.25, 0.3) is 0 Å². The summed E-state index contributed by atoms with van der Waals surface area (Å²) in [6.07, 6.45) is -1.67. The van der Waals surface area contributed by atoms with Crippen LogP contribution in [0.15, 0.2) is 76.2 Å². The van der Waals surface area contributed by atoms with Gasteiger partial charge in [0.05, 0.1) is 22.6 Å². The van der Waals surface area contributed by atoms with Crippen molar-refractivity contribution < 1.29 is 33.0 Å². The Morgan fingerprint density at radius 2 is 1.68 bits per heavy atom. The number of thioether (sulfide) groups is 1. The lowest BCUT2D eigenvalue weighted by Gasteiger charge is -2.31. The van der Waals surface area contributed by atoms with E-state index in [-0.39, 0.29) is 17.1 Å². The van der Waals surface area contributed by atoms with Crippen LogP contribution in [0.4, 0.5) is 13.2 Å². The van der Waals surface area contributed by atoms with Gasteiger partial charge in [0.2, 0.25) is 0 Å². The van der Waals surface area contributed by atoms with Crippen molar-refractivity contribution in [2.45, 2.75) is 23.9 Å². The van der Waals surface area contributed by atoms with Crippen molar-refractivity contribution in [1.29, 1.82) is 0 Å². The molecule has 162 valence electrons. The van der Waals surface area contributed by atoms with E-state index in [2.05, 4.69) is 10.3 Å². The molecule has 0 bridgehead atoms. The summed E-state index contributed by atoms with van der Waals surface area (Å²) in [6.45, 7) is 1.41. The van der Waals surface area contributed by atoms with Crippen molar-refractivity contribution in [1.82, 2.24) is 10.3 Å². The predicted molar refractivity (Wildman–Crippen MR) is 107 cm³/mol. The second-order valence-corrected chi connectivity index (χ2v) is 7.70. The molecule has 1 aliphatic rings. The number of carboxylic acid groups (broad SMARTS) is 2. The van der Waals surface area contributed by atoms with Crippen molar-refractivity contribution in [3.63, 3.8) is 0 Å². The molecule has 1 atom stereocenters. The highest BCUT2D eigenvalue weighted by molar-refractivity contribution is 7.99. The van der Waals surface area contributed by atoms with Crippen LogP contribution in [0.1, 0.15) is 24.0 Å². The first kappa shape index (κ1) is 22.4. The van der Waals surface area contributed by atoms with Gasteiger partial charge < -0.3 is 15.5 Å². The third-order valence-corrected chi connectivity index (χ3v) is 5.75. The first-order valence-electron chi connectivity index (χ1n) is 8.97. The van der Waals surface area contributed by atoms with Gasteiger partial charge in [0, 0.05) is 34.4 Å². The Hall–Kier alpha value is -3.27. The Kier molecular flexibility index (Phi) is 6.40. The van der Waals surface area contributed by atoms with Gasteiger partial charge in [0.15, 0.2) is 0 Å². The number of nitrogens with one attached hydrogen (secondary N) is 1. The van der Waals surface area contributed by atoms with Crippen LogP contribution >= 0.6 is 11.8 Å². The number of nitrogens with zero attached hydrogens (tertiary/aromatic N) is 1. The van der Waals surface area contributed by atoms with E-state index < -0.39 is 46.3 Å². The molecule has 0 radical (unpaired) electrons. The van der Waals surface area contributed by atoms with E-state index in [0.29, 0.717) is 0 Å². The Morgan fingerprint density at radius 1 is 1.06 bits per heavy atom. The van der Waals surface area contributed by atoms with E-state index in [1.807, 2.05) is 0 Å². The third kappa shape index (κ3) is 4.74. The molecule has 10 heteroatoms. The summed E-state index contributed by atoms with van der Waals surface area (Å²) in [5, 5.41) is 22.4. The molecule has 2 heterocycles. The molecule has 1 aliphatic heterocycles. The van der Waals surface area contributed by atoms with Gasteiger partial charge in [-0.3, -0.25) is 4.98 Å². The molecule has 0 spiro atoms. The molecule has 1 aromatic carbocycles. The maximum atomic E-state index is 13.7. The van der Waals surface area contributed by atoms with Gasteiger partial charge in [-0.2, -0.15) is 13.2 Å². The maximum Gasteiger partial charge on any atom is 0.416 e. The van der Waals surface area contributed by atoms with Crippen molar-refractivity contribution in [2.24, 2.45) is 0 Å². The number of hydrogen-bond donors (Lipinski definition) is 3. The summed E-state index contributed by atoms with van der Waals surface area (Å²) in [5.41, 5.74) is -2.14. The molecule has 2 aromatic rings. The van der Waals surface area contributed by atoms with Crippen LogP contribution in [-0.2, 0) is 15.8 Å². The maximum absolute atomic E-state index is 13.7. The third-order valence-electron chi connectivity index (χ3n) is 4.72. The van der Waals surface area contributed by atoms with Gasteiger partial charge in [-0.05, 0) is 30.7 Å². The zero-order valence-corrected chi connectivity index (χ0v) is 16.9. The molecular formula is C21H17F3N2O4S. The first-order valence-corrected chi connectivity index (χ1v) is 9.96. The number of benzene rings is 1. The van der Waals surface area contributed by atoms with E-state index in [1.165, 1.54) is 30.8 Å². The van der Waals surface area contributed by atoms with Crippen LogP contribution < -0.4 is 5.32 Å². The molecule has 0 saturated heterocycles. The summed E-state index contributed by atoms with van der Waals surface area (Å²) in [7, 11) is 0. The van der Waals surface area contributed by atoms with Crippen molar-refractivity contribution in [3.8, 4) is 0 Å². The van der Waals surface area contributed by atoms with Crippen LogP contribution in [-0.4, -0.2) is 32.9 Å². The number of alkyl halides is 3. The molecule has 0 aliphatic carbocycles. The summed E-state index contributed by atoms with van der Waals surface area (Å²) in [4.78, 5) is 28.8. The average molecular weight is 450 g/mol. The molecule has 0 amide bonds. The lowest BCUT2D eigenvalue weighted by atomic mass is 9.78. The highest BCUT2D eigenvalue weighted by Crippen LogP contribution is 2.44. The van der Waals surface area contributed by atoms with Gasteiger partial charge in [-0.15, -0.1) is 11.8 Å². The minimum atomic E-state index is -4.78. The quantitative estimate of drug-likeness (QED) is 0.565. The fraction of sp³-hybridized carbons (Fsp3) is 0.190.